The molecule has 0 unspecified atom stereocenters. The van der Waals surface area contributed by atoms with Crippen molar-refractivity contribution in [2.45, 2.75) is 13.2 Å². The SMILES string of the molecule is COc1ccc(COc2nn(Cc3cccc(F)c3)c(N)c2C#N)cc1. The van der Waals surface area contributed by atoms with E-state index in [1.165, 1.54) is 16.8 Å². The zero-order valence-corrected chi connectivity index (χ0v) is 14.1. The highest BCUT2D eigenvalue weighted by molar-refractivity contribution is 5.55. The summed E-state index contributed by atoms with van der Waals surface area (Å²) in [6, 6.07) is 15.5. The second-order valence-corrected chi connectivity index (χ2v) is 5.60. The monoisotopic (exact) mass is 352 g/mol. The van der Waals surface area contributed by atoms with Gasteiger partial charge in [0, 0.05) is 0 Å². The Morgan fingerprint density at radius 2 is 1.96 bits per heavy atom. The first kappa shape index (κ1) is 17.3. The molecule has 0 aliphatic rings. The minimum Gasteiger partial charge on any atom is -0.497 e. The van der Waals surface area contributed by atoms with Crippen LogP contribution >= 0.6 is 0 Å². The molecule has 26 heavy (non-hydrogen) atoms. The summed E-state index contributed by atoms with van der Waals surface area (Å²) in [6.07, 6.45) is 0. The minimum atomic E-state index is -0.343. The van der Waals surface area contributed by atoms with Crippen LogP contribution in [0.25, 0.3) is 0 Å². The van der Waals surface area contributed by atoms with Crippen molar-refractivity contribution in [1.82, 2.24) is 9.78 Å². The molecule has 0 amide bonds. The Balaban J connectivity index is 1.77. The van der Waals surface area contributed by atoms with Crippen molar-refractivity contribution in [3.05, 3.63) is 71.0 Å². The fourth-order valence-corrected chi connectivity index (χ4v) is 2.46. The van der Waals surface area contributed by atoms with E-state index in [1.807, 2.05) is 30.3 Å². The quantitative estimate of drug-likeness (QED) is 0.737. The molecule has 6 nitrogen and oxygen atoms in total. The predicted octanol–water partition coefficient (Wildman–Crippen LogP) is 3.11. The van der Waals surface area contributed by atoms with Crippen molar-refractivity contribution < 1.29 is 13.9 Å². The van der Waals surface area contributed by atoms with Crippen LogP contribution in [0, 0.1) is 17.1 Å². The van der Waals surface area contributed by atoms with Crippen molar-refractivity contribution in [1.29, 1.82) is 5.26 Å². The normalized spacial score (nSPS) is 10.3. The predicted molar refractivity (Wildman–Crippen MR) is 94.2 cm³/mol. The first-order chi connectivity index (χ1) is 12.6. The van der Waals surface area contributed by atoms with Gasteiger partial charge >= 0.3 is 0 Å². The van der Waals surface area contributed by atoms with Gasteiger partial charge in [0.2, 0.25) is 0 Å². The standard InChI is InChI=1S/C19H17FN4O2/c1-25-16-7-5-13(6-8-16)12-26-19-17(10-21)18(22)24(23-19)11-14-3-2-4-15(20)9-14/h2-9H,11-12,22H2,1H3. The van der Waals surface area contributed by atoms with Gasteiger partial charge in [-0.15, -0.1) is 5.10 Å². The summed E-state index contributed by atoms with van der Waals surface area (Å²) >= 11 is 0. The summed E-state index contributed by atoms with van der Waals surface area (Å²) in [5.41, 5.74) is 7.74. The van der Waals surface area contributed by atoms with E-state index in [9.17, 15) is 9.65 Å². The lowest BCUT2D eigenvalue weighted by molar-refractivity contribution is 0.289. The van der Waals surface area contributed by atoms with Gasteiger partial charge in [-0.25, -0.2) is 9.07 Å². The molecule has 0 aliphatic carbocycles. The van der Waals surface area contributed by atoms with Crippen LogP contribution in [0.1, 0.15) is 16.7 Å². The lowest BCUT2D eigenvalue weighted by atomic mass is 10.2. The fraction of sp³-hybridized carbons (Fsp3) is 0.158. The van der Waals surface area contributed by atoms with E-state index in [1.54, 1.807) is 19.2 Å². The Morgan fingerprint density at radius 1 is 1.19 bits per heavy atom. The molecule has 0 atom stereocenters. The van der Waals surface area contributed by atoms with Gasteiger partial charge in [-0.3, -0.25) is 0 Å². The number of nitrogen functional groups attached to an aromatic ring is 1. The molecule has 132 valence electrons. The molecule has 1 heterocycles. The Labute approximate surface area is 150 Å². The molecule has 2 N–H and O–H groups in total. The topological polar surface area (TPSA) is 86.1 Å². The fourth-order valence-electron chi connectivity index (χ4n) is 2.46. The maximum absolute atomic E-state index is 13.3. The third kappa shape index (κ3) is 3.75. The molecule has 0 saturated carbocycles. The van der Waals surface area contributed by atoms with Crippen molar-refractivity contribution in [2.75, 3.05) is 12.8 Å². The number of hydrogen-bond acceptors (Lipinski definition) is 5. The van der Waals surface area contributed by atoms with E-state index in [4.69, 9.17) is 15.2 Å². The maximum atomic E-state index is 13.3. The van der Waals surface area contributed by atoms with Crippen LogP contribution in [0.5, 0.6) is 11.6 Å². The molecule has 0 aliphatic heterocycles. The van der Waals surface area contributed by atoms with Gasteiger partial charge < -0.3 is 15.2 Å². The van der Waals surface area contributed by atoms with E-state index in [-0.39, 0.29) is 36.2 Å². The zero-order valence-electron chi connectivity index (χ0n) is 14.1. The van der Waals surface area contributed by atoms with E-state index in [2.05, 4.69) is 5.10 Å². The summed E-state index contributed by atoms with van der Waals surface area (Å²) in [5, 5.41) is 13.6. The van der Waals surface area contributed by atoms with E-state index in [0.717, 1.165) is 11.3 Å². The van der Waals surface area contributed by atoms with Gasteiger partial charge in [0.1, 0.15) is 30.1 Å². The number of hydrogen-bond donors (Lipinski definition) is 1. The van der Waals surface area contributed by atoms with Gasteiger partial charge in [0.05, 0.1) is 13.7 Å². The van der Waals surface area contributed by atoms with Crippen LogP contribution in [0.15, 0.2) is 48.5 Å². The van der Waals surface area contributed by atoms with Crippen molar-refractivity contribution in [3.63, 3.8) is 0 Å². The summed E-state index contributed by atoms with van der Waals surface area (Å²) in [7, 11) is 1.60. The largest absolute Gasteiger partial charge is 0.497 e. The van der Waals surface area contributed by atoms with E-state index < -0.39 is 0 Å². The molecule has 2 aromatic carbocycles. The van der Waals surface area contributed by atoms with Crippen molar-refractivity contribution >= 4 is 5.82 Å². The van der Waals surface area contributed by atoms with Gasteiger partial charge in [-0.1, -0.05) is 24.3 Å². The lowest BCUT2D eigenvalue weighted by Gasteiger charge is -2.05. The third-order valence-corrected chi connectivity index (χ3v) is 3.83. The average molecular weight is 352 g/mol. The van der Waals surface area contributed by atoms with E-state index >= 15 is 0 Å². The van der Waals surface area contributed by atoms with Gasteiger partial charge in [0.25, 0.3) is 5.88 Å². The number of benzene rings is 2. The lowest BCUT2D eigenvalue weighted by Crippen LogP contribution is -2.06. The molecule has 7 heteroatoms. The van der Waals surface area contributed by atoms with Crippen LogP contribution in [0.2, 0.25) is 0 Å². The number of halogens is 1. The Hall–Kier alpha value is -3.53. The highest BCUT2D eigenvalue weighted by Gasteiger charge is 2.17. The maximum Gasteiger partial charge on any atom is 0.253 e. The summed E-state index contributed by atoms with van der Waals surface area (Å²) in [5.74, 6) is 0.735. The average Bonchev–Trinajstić information content (AvgIpc) is 2.95. The number of nitrogens with zero attached hydrogens (tertiary/aromatic N) is 3. The molecule has 0 radical (unpaired) electrons. The summed E-state index contributed by atoms with van der Waals surface area (Å²) < 4.78 is 25.5. The molecule has 0 spiro atoms. The van der Waals surface area contributed by atoms with Gasteiger partial charge in [0.15, 0.2) is 5.56 Å². The number of rotatable bonds is 6. The Morgan fingerprint density at radius 3 is 2.62 bits per heavy atom. The van der Waals surface area contributed by atoms with Crippen LogP contribution in [0.4, 0.5) is 10.2 Å². The number of methoxy groups -OCH3 is 1. The Bertz CT molecular complexity index is 945. The number of ether oxygens (including phenoxy) is 2. The first-order valence-electron chi connectivity index (χ1n) is 7.87. The molecule has 3 aromatic rings. The number of nitriles is 1. The summed E-state index contributed by atoms with van der Waals surface area (Å²) in [6.45, 7) is 0.471. The number of aromatic nitrogens is 2. The van der Waals surface area contributed by atoms with Gasteiger partial charge in [-0.05, 0) is 35.4 Å². The van der Waals surface area contributed by atoms with Crippen molar-refractivity contribution in [2.24, 2.45) is 0 Å². The molecule has 0 fully saturated rings. The number of anilines is 1. The van der Waals surface area contributed by atoms with Crippen LogP contribution < -0.4 is 15.2 Å². The second kappa shape index (κ2) is 7.57. The third-order valence-electron chi connectivity index (χ3n) is 3.83. The highest BCUT2D eigenvalue weighted by Crippen LogP contribution is 2.25. The molecule has 1 aromatic heterocycles. The summed E-state index contributed by atoms with van der Waals surface area (Å²) in [4.78, 5) is 0. The smallest absolute Gasteiger partial charge is 0.253 e. The molecule has 3 rings (SSSR count). The van der Waals surface area contributed by atoms with Crippen LogP contribution in [0.3, 0.4) is 0 Å². The number of nitrogens with two attached hydrogens (primary N) is 1. The second-order valence-electron chi connectivity index (χ2n) is 5.60. The highest BCUT2D eigenvalue weighted by atomic mass is 19.1. The van der Waals surface area contributed by atoms with E-state index in [0.29, 0.717) is 5.56 Å². The zero-order chi connectivity index (χ0) is 18.5. The first-order valence-corrected chi connectivity index (χ1v) is 7.87. The van der Waals surface area contributed by atoms with Crippen molar-refractivity contribution in [3.8, 4) is 17.7 Å². The van der Waals surface area contributed by atoms with Crippen LogP contribution in [-0.4, -0.2) is 16.9 Å². The minimum absolute atomic E-state index is 0.150. The Kier molecular flexibility index (Phi) is 5.04. The molecule has 0 bridgehead atoms. The molecule has 0 saturated heterocycles. The van der Waals surface area contributed by atoms with Gasteiger partial charge in [-0.2, -0.15) is 5.26 Å². The molecular formula is C19H17FN4O2. The van der Waals surface area contributed by atoms with Crippen LogP contribution in [-0.2, 0) is 13.2 Å². The molecular weight excluding hydrogens is 335 g/mol.